The van der Waals surface area contributed by atoms with Gasteiger partial charge in [0, 0.05) is 24.7 Å². The van der Waals surface area contributed by atoms with E-state index in [2.05, 4.69) is 4.99 Å². The Morgan fingerprint density at radius 1 is 1.24 bits per heavy atom. The number of nitrogens with zero attached hydrogens (tertiary/aromatic N) is 2. The molecular weight excluding hydrogens is 340 g/mol. The predicted molar refractivity (Wildman–Crippen MR) is 97.2 cm³/mol. The van der Waals surface area contributed by atoms with Gasteiger partial charge in [0.2, 0.25) is 0 Å². The number of carbonyl (C=O) groups excluding carboxylic acids is 1. The fourth-order valence-corrected chi connectivity index (χ4v) is 3.09. The van der Waals surface area contributed by atoms with Crippen molar-refractivity contribution in [3.8, 4) is 5.75 Å². The first kappa shape index (κ1) is 19.4. The average molecular weight is 364 g/mol. The molecule has 0 fully saturated rings. The normalized spacial score (nSPS) is 11.7. The molecule has 136 valence electrons. The van der Waals surface area contributed by atoms with Crippen LogP contribution in [0.15, 0.2) is 35.5 Å². The van der Waals surface area contributed by atoms with Gasteiger partial charge in [-0.05, 0) is 26.0 Å². The number of benzene rings is 1. The molecule has 0 bridgehead atoms. The molecule has 2 rings (SSSR count). The number of para-hydroxylation sites is 1. The third-order valence-corrected chi connectivity index (χ3v) is 4.29. The van der Waals surface area contributed by atoms with Crippen molar-refractivity contribution in [2.75, 3.05) is 33.5 Å². The van der Waals surface area contributed by atoms with Crippen LogP contribution in [-0.2, 0) is 16.0 Å². The molecule has 0 N–H and O–H groups in total. The Morgan fingerprint density at radius 2 is 2.04 bits per heavy atom. The van der Waals surface area contributed by atoms with E-state index >= 15 is 0 Å². The number of hydrogen-bond donors (Lipinski definition) is 0. The van der Waals surface area contributed by atoms with Gasteiger partial charge in [0.15, 0.2) is 4.80 Å². The lowest BCUT2D eigenvalue weighted by Crippen LogP contribution is -2.19. The van der Waals surface area contributed by atoms with Crippen molar-refractivity contribution >= 4 is 17.2 Å². The van der Waals surface area contributed by atoms with Gasteiger partial charge in [-0.1, -0.05) is 12.1 Å². The summed E-state index contributed by atoms with van der Waals surface area (Å²) in [7, 11) is 1.64. The number of amides is 1. The molecule has 1 aromatic carbocycles. The Kier molecular flexibility index (Phi) is 7.84. The maximum atomic E-state index is 12.6. The van der Waals surface area contributed by atoms with Crippen molar-refractivity contribution in [3.63, 3.8) is 0 Å². The Morgan fingerprint density at radius 3 is 2.80 bits per heavy atom. The Labute approximate surface area is 151 Å². The number of methoxy groups -OCH3 is 1. The number of aromatic nitrogens is 1. The summed E-state index contributed by atoms with van der Waals surface area (Å²) in [6.45, 7) is 6.67. The largest absolute Gasteiger partial charge is 0.493 e. The minimum atomic E-state index is -0.306. The van der Waals surface area contributed by atoms with Crippen LogP contribution in [0.5, 0.6) is 5.75 Å². The summed E-state index contributed by atoms with van der Waals surface area (Å²) in [6.07, 6.45) is 1.98. The second-order valence-electron chi connectivity index (χ2n) is 5.27. The number of rotatable bonds is 9. The fourth-order valence-electron chi connectivity index (χ4n) is 2.23. The van der Waals surface area contributed by atoms with Gasteiger partial charge < -0.3 is 18.8 Å². The highest BCUT2D eigenvalue weighted by atomic mass is 32.1. The van der Waals surface area contributed by atoms with E-state index in [-0.39, 0.29) is 5.91 Å². The Balaban J connectivity index is 2.16. The molecule has 1 amide bonds. The summed E-state index contributed by atoms with van der Waals surface area (Å²) < 4.78 is 17.9. The molecule has 0 atom stereocenters. The van der Waals surface area contributed by atoms with Gasteiger partial charge in [-0.15, -0.1) is 11.3 Å². The molecular formula is C18H24N2O4S. The molecule has 7 heteroatoms. The van der Waals surface area contributed by atoms with Crippen molar-refractivity contribution in [3.05, 3.63) is 45.7 Å². The van der Waals surface area contributed by atoms with Crippen LogP contribution in [0, 0.1) is 6.92 Å². The maximum Gasteiger partial charge on any atom is 0.283 e. The Bertz CT molecular complexity index is 752. The molecule has 0 radical (unpaired) electrons. The number of aryl methyl sites for hydroxylation is 1. The van der Waals surface area contributed by atoms with Crippen molar-refractivity contribution < 1.29 is 19.0 Å². The Hall–Kier alpha value is -1.96. The highest BCUT2D eigenvalue weighted by Crippen LogP contribution is 2.18. The van der Waals surface area contributed by atoms with Crippen LogP contribution in [0.1, 0.15) is 22.2 Å². The first-order valence-electron chi connectivity index (χ1n) is 8.20. The third-order valence-electron chi connectivity index (χ3n) is 3.36. The summed E-state index contributed by atoms with van der Waals surface area (Å²) in [5.74, 6) is 0.251. The zero-order chi connectivity index (χ0) is 18.1. The van der Waals surface area contributed by atoms with Crippen LogP contribution < -0.4 is 9.54 Å². The molecule has 0 saturated carbocycles. The summed E-state index contributed by atoms with van der Waals surface area (Å²) in [6, 6.07) is 7.16. The first-order chi connectivity index (χ1) is 12.2. The van der Waals surface area contributed by atoms with E-state index in [0.717, 1.165) is 4.88 Å². The number of carbonyl (C=O) groups is 1. The monoisotopic (exact) mass is 364 g/mol. The zero-order valence-electron chi connectivity index (χ0n) is 14.9. The molecule has 0 saturated heterocycles. The number of hydrogen-bond acceptors (Lipinski definition) is 5. The number of thiazole rings is 1. The van der Waals surface area contributed by atoms with E-state index in [0.29, 0.717) is 49.1 Å². The molecule has 0 aliphatic rings. The molecule has 0 spiro atoms. The molecule has 1 aromatic heterocycles. The van der Waals surface area contributed by atoms with Gasteiger partial charge in [-0.2, -0.15) is 4.99 Å². The van der Waals surface area contributed by atoms with Crippen LogP contribution in [0.25, 0.3) is 0 Å². The van der Waals surface area contributed by atoms with E-state index in [9.17, 15) is 4.79 Å². The summed E-state index contributed by atoms with van der Waals surface area (Å²) in [5.41, 5.74) is 0.471. The minimum Gasteiger partial charge on any atom is -0.493 e. The molecule has 25 heavy (non-hydrogen) atoms. The molecule has 0 aliphatic carbocycles. The van der Waals surface area contributed by atoms with Crippen molar-refractivity contribution in [1.29, 1.82) is 0 Å². The van der Waals surface area contributed by atoms with Gasteiger partial charge in [0.1, 0.15) is 5.75 Å². The van der Waals surface area contributed by atoms with E-state index in [4.69, 9.17) is 14.2 Å². The minimum absolute atomic E-state index is 0.306. The maximum absolute atomic E-state index is 12.6. The lowest BCUT2D eigenvalue weighted by molar-refractivity contribution is 0.0663. The lowest BCUT2D eigenvalue weighted by Gasteiger charge is -2.07. The second kappa shape index (κ2) is 10.1. The van der Waals surface area contributed by atoms with Crippen LogP contribution in [0.2, 0.25) is 0 Å². The van der Waals surface area contributed by atoms with Crippen molar-refractivity contribution in [1.82, 2.24) is 4.57 Å². The molecule has 2 aromatic rings. The quantitative estimate of drug-likeness (QED) is 0.642. The van der Waals surface area contributed by atoms with Crippen molar-refractivity contribution in [2.45, 2.75) is 20.4 Å². The highest BCUT2D eigenvalue weighted by molar-refractivity contribution is 7.09. The topological polar surface area (TPSA) is 62.0 Å². The van der Waals surface area contributed by atoms with Crippen LogP contribution in [0.4, 0.5) is 0 Å². The second-order valence-corrected chi connectivity index (χ2v) is 6.48. The highest BCUT2D eigenvalue weighted by Gasteiger charge is 2.11. The third kappa shape index (κ3) is 5.81. The van der Waals surface area contributed by atoms with E-state index in [1.54, 1.807) is 19.2 Å². The van der Waals surface area contributed by atoms with E-state index in [1.807, 2.05) is 36.7 Å². The molecule has 0 unspecified atom stereocenters. The predicted octanol–water partition coefficient (Wildman–Crippen LogP) is 2.66. The summed E-state index contributed by atoms with van der Waals surface area (Å²) in [5, 5.41) is 0. The van der Waals surface area contributed by atoms with Gasteiger partial charge in [-0.3, -0.25) is 4.79 Å². The van der Waals surface area contributed by atoms with Gasteiger partial charge in [0.25, 0.3) is 5.91 Å². The standard InChI is InChI=1S/C18H24N2O4S/c1-4-24-16-8-6-5-7-15(16)17(21)19-18-20(13-14(2)25-18)9-10-23-12-11-22-3/h5-8,13H,4,9-12H2,1-3H3/b19-18-. The van der Waals surface area contributed by atoms with Crippen LogP contribution in [-0.4, -0.2) is 44.0 Å². The lowest BCUT2D eigenvalue weighted by atomic mass is 10.2. The first-order valence-corrected chi connectivity index (χ1v) is 9.01. The van der Waals surface area contributed by atoms with Crippen LogP contribution in [0.3, 0.4) is 0 Å². The van der Waals surface area contributed by atoms with E-state index < -0.39 is 0 Å². The van der Waals surface area contributed by atoms with Gasteiger partial charge in [0.05, 0.1) is 32.0 Å². The number of ether oxygens (including phenoxy) is 3. The molecule has 1 heterocycles. The van der Waals surface area contributed by atoms with Gasteiger partial charge >= 0.3 is 0 Å². The SMILES string of the molecule is CCOc1ccccc1C(=O)/N=c1\sc(C)cn1CCOCCOC. The molecule has 0 aliphatic heterocycles. The zero-order valence-corrected chi connectivity index (χ0v) is 15.7. The summed E-state index contributed by atoms with van der Waals surface area (Å²) >= 11 is 1.48. The van der Waals surface area contributed by atoms with Crippen molar-refractivity contribution in [2.24, 2.45) is 4.99 Å². The van der Waals surface area contributed by atoms with E-state index in [1.165, 1.54) is 11.3 Å². The van der Waals surface area contributed by atoms with Crippen LogP contribution >= 0.6 is 11.3 Å². The molecule has 6 nitrogen and oxygen atoms in total. The average Bonchev–Trinajstić information content (AvgIpc) is 2.94. The van der Waals surface area contributed by atoms with Gasteiger partial charge in [-0.25, -0.2) is 0 Å². The smallest absolute Gasteiger partial charge is 0.283 e. The fraction of sp³-hybridized carbons (Fsp3) is 0.444. The summed E-state index contributed by atoms with van der Waals surface area (Å²) in [4.78, 5) is 18.6.